The van der Waals surface area contributed by atoms with Crippen LogP contribution in [0, 0.1) is 5.21 Å². The normalized spacial score (nSPS) is 10.6. The van der Waals surface area contributed by atoms with Gasteiger partial charge in [0.15, 0.2) is 11.9 Å². The van der Waals surface area contributed by atoms with Crippen LogP contribution in [0.3, 0.4) is 0 Å². The minimum absolute atomic E-state index is 0.901. The molecule has 0 spiro atoms. The molecule has 0 fully saturated rings. The third kappa shape index (κ3) is 6.30. The van der Waals surface area contributed by atoms with Gasteiger partial charge in [0.1, 0.15) is 0 Å². The Morgan fingerprint density at radius 3 is 2.24 bits per heavy atom. The van der Waals surface area contributed by atoms with E-state index in [0.717, 1.165) is 23.3 Å². The summed E-state index contributed by atoms with van der Waals surface area (Å²) in [7, 11) is 0. The summed E-state index contributed by atoms with van der Waals surface area (Å²) in [6, 6.07) is 5.65. The lowest BCUT2D eigenvalue weighted by Crippen LogP contribution is -2.30. The van der Waals surface area contributed by atoms with Gasteiger partial charge >= 0.3 is 0 Å². The van der Waals surface area contributed by atoms with Crippen LogP contribution < -0.4 is 4.73 Å². The minimum atomic E-state index is 0.901. The fraction of sp³-hybridized carbons (Fsp3) is 0.667. The van der Waals surface area contributed by atoms with Crippen LogP contribution in [-0.2, 0) is 6.42 Å². The molecule has 1 rings (SSSR count). The van der Waals surface area contributed by atoms with E-state index in [0.29, 0.717) is 0 Å². The molecule has 0 saturated carbocycles. The van der Waals surface area contributed by atoms with E-state index in [1.807, 2.05) is 12.1 Å². The molecule has 0 bridgehead atoms. The largest absolute Gasteiger partial charge is 0.619 e. The first kappa shape index (κ1) is 14.0. The van der Waals surface area contributed by atoms with E-state index in [1.165, 1.54) is 44.9 Å². The van der Waals surface area contributed by atoms with Crippen LogP contribution in [0.5, 0.6) is 0 Å². The topological polar surface area (TPSA) is 26.9 Å². The van der Waals surface area contributed by atoms with Gasteiger partial charge in [0, 0.05) is 18.6 Å². The van der Waals surface area contributed by atoms with Gasteiger partial charge in [-0.05, 0) is 6.42 Å². The molecule has 1 aromatic rings. The summed E-state index contributed by atoms with van der Waals surface area (Å²) in [6.45, 7) is 2.25. The zero-order chi connectivity index (χ0) is 12.3. The molecule has 1 heterocycles. The second-order valence-corrected chi connectivity index (χ2v) is 4.74. The van der Waals surface area contributed by atoms with Gasteiger partial charge in [-0.2, -0.15) is 4.73 Å². The maximum absolute atomic E-state index is 11.4. The smallest absolute Gasteiger partial charge is 0.192 e. The van der Waals surface area contributed by atoms with Crippen LogP contribution in [0.1, 0.15) is 64.0 Å². The molecule has 17 heavy (non-hydrogen) atoms. The average Bonchev–Trinajstić information content (AvgIpc) is 2.35. The molecule has 0 unspecified atom stereocenters. The Bertz CT molecular complexity index is 299. The highest BCUT2D eigenvalue weighted by atomic mass is 16.5. The van der Waals surface area contributed by atoms with E-state index < -0.39 is 0 Å². The van der Waals surface area contributed by atoms with E-state index in [4.69, 9.17) is 0 Å². The van der Waals surface area contributed by atoms with E-state index >= 15 is 0 Å². The minimum Gasteiger partial charge on any atom is -0.619 e. The monoisotopic (exact) mass is 235 g/mol. The van der Waals surface area contributed by atoms with Crippen LogP contribution in [-0.4, -0.2) is 0 Å². The van der Waals surface area contributed by atoms with Crippen LogP contribution >= 0.6 is 0 Å². The van der Waals surface area contributed by atoms with Crippen molar-refractivity contribution in [2.45, 2.75) is 64.7 Å². The Morgan fingerprint density at radius 2 is 1.59 bits per heavy atom. The first-order valence-electron chi connectivity index (χ1n) is 7.01. The Hall–Kier alpha value is -1.05. The summed E-state index contributed by atoms with van der Waals surface area (Å²) in [6.07, 6.45) is 13.0. The maximum Gasteiger partial charge on any atom is 0.192 e. The van der Waals surface area contributed by atoms with E-state index in [9.17, 15) is 5.21 Å². The molecule has 2 heteroatoms. The van der Waals surface area contributed by atoms with Crippen molar-refractivity contribution in [3.63, 3.8) is 0 Å². The Labute approximate surface area is 105 Å². The molecule has 0 atom stereocenters. The number of rotatable bonds is 9. The number of aromatic nitrogens is 1. The van der Waals surface area contributed by atoms with Gasteiger partial charge in [0.25, 0.3) is 0 Å². The highest BCUT2D eigenvalue weighted by Gasteiger charge is 2.02. The van der Waals surface area contributed by atoms with Crippen molar-refractivity contribution in [3.8, 4) is 0 Å². The number of pyridine rings is 1. The van der Waals surface area contributed by atoms with Crippen molar-refractivity contribution in [2.75, 3.05) is 0 Å². The maximum atomic E-state index is 11.4. The lowest BCUT2D eigenvalue weighted by Gasteiger charge is -2.03. The summed E-state index contributed by atoms with van der Waals surface area (Å²) in [5.74, 6) is 0. The molecule has 0 aromatic carbocycles. The lowest BCUT2D eigenvalue weighted by molar-refractivity contribution is -0.614. The van der Waals surface area contributed by atoms with Gasteiger partial charge in [-0.3, -0.25) is 0 Å². The molecule has 1 aromatic heterocycles. The Balaban J connectivity index is 1.99. The summed E-state index contributed by atoms with van der Waals surface area (Å²) < 4.78 is 0.987. The highest BCUT2D eigenvalue weighted by molar-refractivity contribution is 4.97. The molecule has 0 aliphatic heterocycles. The predicted octanol–water partition coefficient (Wildman–Crippen LogP) is 4.00. The first-order valence-corrected chi connectivity index (χ1v) is 7.01. The van der Waals surface area contributed by atoms with E-state index in [1.54, 1.807) is 12.3 Å². The van der Waals surface area contributed by atoms with Crippen molar-refractivity contribution >= 4 is 0 Å². The molecule has 0 amide bonds. The number of nitrogens with zero attached hydrogens (tertiary/aromatic N) is 1. The zero-order valence-electron chi connectivity index (χ0n) is 11.0. The molecule has 0 radical (unpaired) electrons. The standard InChI is InChI=1S/C15H25NO/c1-2-3-4-5-6-7-8-9-12-15-13-10-11-14-16(15)17/h10-11,13-14H,2-9,12H2,1H3. The van der Waals surface area contributed by atoms with Gasteiger partial charge < -0.3 is 5.21 Å². The Kier molecular flexibility index (Phi) is 7.44. The fourth-order valence-corrected chi connectivity index (χ4v) is 2.10. The average molecular weight is 235 g/mol. The van der Waals surface area contributed by atoms with Crippen molar-refractivity contribution in [1.82, 2.24) is 0 Å². The Morgan fingerprint density at radius 1 is 0.941 bits per heavy atom. The summed E-state index contributed by atoms with van der Waals surface area (Å²) in [4.78, 5) is 0. The van der Waals surface area contributed by atoms with Gasteiger partial charge in [-0.1, -0.05) is 57.9 Å². The van der Waals surface area contributed by atoms with Crippen LogP contribution in [0.2, 0.25) is 0 Å². The van der Waals surface area contributed by atoms with Crippen LogP contribution in [0.25, 0.3) is 0 Å². The van der Waals surface area contributed by atoms with Crippen molar-refractivity contribution in [2.24, 2.45) is 0 Å². The first-order chi connectivity index (χ1) is 8.34. The van der Waals surface area contributed by atoms with Crippen molar-refractivity contribution in [3.05, 3.63) is 35.3 Å². The van der Waals surface area contributed by atoms with Gasteiger partial charge in [-0.25, -0.2) is 0 Å². The molecule has 0 saturated heterocycles. The van der Waals surface area contributed by atoms with Gasteiger partial charge in [-0.15, -0.1) is 0 Å². The number of hydrogen-bond acceptors (Lipinski definition) is 1. The summed E-state index contributed by atoms with van der Waals surface area (Å²) in [5, 5.41) is 11.4. The molecular formula is C15H25NO. The highest BCUT2D eigenvalue weighted by Crippen LogP contribution is 2.09. The van der Waals surface area contributed by atoms with Crippen LogP contribution in [0.4, 0.5) is 0 Å². The van der Waals surface area contributed by atoms with Gasteiger partial charge in [0.2, 0.25) is 0 Å². The van der Waals surface area contributed by atoms with Gasteiger partial charge in [0.05, 0.1) is 0 Å². The molecule has 0 N–H and O–H groups in total. The fourth-order valence-electron chi connectivity index (χ4n) is 2.10. The molecular weight excluding hydrogens is 210 g/mol. The summed E-state index contributed by atoms with van der Waals surface area (Å²) in [5.41, 5.74) is 0.901. The third-order valence-corrected chi connectivity index (χ3v) is 3.19. The van der Waals surface area contributed by atoms with Crippen molar-refractivity contribution < 1.29 is 4.73 Å². The second-order valence-electron chi connectivity index (χ2n) is 4.74. The molecule has 2 nitrogen and oxygen atoms in total. The van der Waals surface area contributed by atoms with E-state index in [2.05, 4.69) is 6.92 Å². The van der Waals surface area contributed by atoms with Crippen molar-refractivity contribution in [1.29, 1.82) is 0 Å². The number of hydrogen-bond donors (Lipinski definition) is 0. The van der Waals surface area contributed by atoms with Crippen LogP contribution in [0.15, 0.2) is 24.4 Å². The third-order valence-electron chi connectivity index (χ3n) is 3.19. The predicted molar refractivity (Wildman–Crippen MR) is 71.7 cm³/mol. The SMILES string of the molecule is CCCCCCCCCCc1cccc[n+]1[O-]. The molecule has 96 valence electrons. The van der Waals surface area contributed by atoms with E-state index in [-0.39, 0.29) is 0 Å². The quantitative estimate of drug-likeness (QED) is 0.361. The zero-order valence-corrected chi connectivity index (χ0v) is 11.0. The second kappa shape index (κ2) is 9.03. The molecule has 0 aliphatic rings. The molecule has 0 aliphatic carbocycles. The number of unbranched alkanes of at least 4 members (excludes halogenated alkanes) is 7. The summed E-state index contributed by atoms with van der Waals surface area (Å²) >= 11 is 0. The number of aryl methyl sites for hydroxylation is 1. The lowest BCUT2D eigenvalue weighted by atomic mass is 10.1.